The quantitative estimate of drug-likeness (QED) is 0.576. The van der Waals surface area contributed by atoms with Gasteiger partial charge >= 0.3 is 0 Å². The molecule has 5 nitrogen and oxygen atoms in total. The third kappa shape index (κ3) is 5.76. The van der Waals surface area contributed by atoms with Gasteiger partial charge in [-0.25, -0.2) is 4.98 Å². The van der Waals surface area contributed by atoms with E-state index in [1.54, 1.807) is 6.20 Å². The summed E-state index contributed by atoms with van der Waals surface area (Å²) in [7, 11) is 0. The number of ether oxygens (including phenoxy) is 2. The van der Waals surface area contributed by atoms with E-state index in [1.165, 1.54) is 0 Å². The van der Waals surface area contributed by atoms with Gasteiger partial charge in [-0.2, -0.15) is 0 Å². The summed E-state index contributed by atoms with van der Waals surface area (Å²) in [5.74, 6) is 2.66. The van der Waals surface area contributed by atoms with E-state index in [2.05, 4.69) is 10.3 Å². The van der Waals surface area contributed by atoms with E-state index < -0.39 is 0 Å². The van der Waals surface area contributed by atoms with Crippen molar-refractivity contribution >= 4 is 17.4 Å². The molecule has 1 N–H and O–H groups in total. The van der Waals surface area contributed by atoms with Crippen LogP contribution in [0.15, 0.2) is 71.9 Å². The molecule has 0 bridgehead atoms. The third-order valence-electron chi connectivity index (χ3n) is 5.06. The van der Waals surface area contributed by atoms with Crippen LogP contribution < -0.4 is 14.8 Å². The summed E-state index contributed by atoms with van der Waals surface area (Å²) >= 11 is 6.31. The van der Waals surface area contributed by atoms with Gasteiger partial charge in [0, 0.05) is 24.3 Å². The summed E-state index contributed by atoms with van der Waals surface area (Å²) < 4.78 is 12.1. The van der Waals surface area contributed by atoms with E-state index in [0.29, 0.717) is 24.8 Å². The topological polar surface area (TPSA) is 55.7 Å². The van der Waals surface area contributed by atoms with Crippen molar-refractivity contribution in [3.63, 3.8) is 0 Å². The van der Waals surface area contributed by atoms with E-state index in [0.717, 1.165) is 60.0 Å². The molecule has 6 heteroatoms. The highest BCUT2D eigenvalue weighted by atomic mass is 35.5. The number of pyridine rings is 1. The van der Waals surface area contributed by atoms with Gasteiger partial charge in [-0.15, -0.1) is 0 Å². The Kier molecular flexibility index (Phi) is 7.40. The van der Waals surface area contributed by atoms with Crippen molar-refractivity contribution in [2.45, 2.75) is 25.7 Å². The highest BCUT2D eigenvalue weighted by Gasteiger charge is 2.15. The maximum atomic E-state index is 6.31. The maximum Gasteiger partial charge on any atom is 0.230 e. The lowest BCUT2D eigenvalue weighted by molar-refractivity contribution is 0.291. The Labute approximate surface area is 188 Å². The molecule has 0 saturated heterocycles. The Bertz CT molecular complexity index is 1040. The van der Waals surface area contributed by atoms with Crippen molar-refractivity contribution in [1.29, 1.82) is 0 Å². The SMILES string of the molecule is Clc1ccccc1CCNC1=NCCCCCOc2ccccc2Oc2ncccc21. The molecule has 1 aliphatic heterocycles. The normalized spacial score (nSPS) is 14.3. The zero-order valence-corrected chi connectivity index (χ0v) is 18.1. The number of nitrogens with zero attached hydrogens (tertiary/aromatic N) is 2. The van der Waals surface area contributed by atoms with Gasteiger partial charge in [0.05, 0.1) is 12.2 Å². The van der Waals surface area contributed by atoms with Crippen LogP contribution in [0, 0.1) is 0 Å². The smallest absolute Gasteiger partial charge is 0.230 e. The van der Waals surface area contributed by atoms with E-state index in [-0.39, 0.29) is 0 Å². The van der Waals surface area contributed by atoms with Crippen molar-refractivity contribution in [3.05, 3.63) is 83.0 Å². The number of benzene rings is 2. The van der Waals surface area contributed by atoms with Crippen LogP contribution in [0.3, 0.4) is 0 Å². The number of nitrogens with one attached hydrogen (secondary N) is 1. The standard InChI is InChI=1S/C25H26ClN3O2/c26-21-11-3-2-9-19(21)14-17-28-24-20-10-8-16-29-25(20)31-23-13-5-4-12-22(23)30-18-7-1-6-15-27-24/h2-5,8-13,16H,1,6-7,14-15,17-18H2,(H,27,28). The lowest BCUT2D eigenvalue weighted by Gasteiger charge is -2.15. The molecular formula is C25H26ClN3O2. The number of rotatable bonds is 3. The van der Waals surface area contributed by atoms with E-state index in [9.17, 15) is 0 Å². The van der Waals surface area contributed by atoms with Crippen LogP contribution in [0.4, 0.5) is 0 Å². The van der Waals surface area contributed by atoms with Gasteiger partial charge in [0.1, 0.15) is 5.84 Å². The summed E-state index contributed by atoms with van der Waals surface area (Å²) in [6.07, 6.45) is 5.55. The molecular weight excluding hydrogens is 410 g/mol. The van der Waals surface area contributed by atoms with Gasteiger partial charge < -0.3 is 14.8 Å². The fourth-order valence-corrected chi connectivity index (χ4v) is 3.66. The lowest BCUT2D eigenvalue weighted by Crippen LogP contribution is -2.28. The van der Waals surface area contributed by atoms with Crippen LogP contribution >= 0.6 is 11.6 Å². The molecule has 4 rings (SSSR count). The Balaban J connectivity index is 1.59. The first-order chi connectivity index (χ1) is 15.3. The predicted molar refractivity (Wildman–Crippen MR) is 125 cm³/mol. The highest BCUT2D eigenvalue weighted by Crippen LogP contribution is 2.32. The first kappa shape index (κ1) is 21.2. The first-order valence-corrected chi connectivity index (χ1v) is 11.1. The second-order valence-corrected chi connectivity index (χ2v) is 7.72. The molecule has 0 fully saturated rings. The van der Waals surface area contributed by atoms with Crippen molar-refractivity contribution < 1.29 is 9.47 Å². The second kappa shape index (κ2) is 10.8. The molecule has 2 aromatic carbocycles. The third-order valence-corrected chi connectivity index (χ3v) is 5.43. The lowest BCUT2D eigenvalue weighted by atomic mass is 10.1. The second-order valence-electron chi connectivity index (χ2n) is 7.31. The monoisotopic (exact) mass is 435 g/mol. The Hall–Kier alpha value is -3.05. The molecule has 3 aromatic rings. The molecule has 0 amide bonds. The number of fused-ring (bicyclic) bond motifs is 2. The molecule has 0 aliphatic carbocycles. The fourth-order valence-electron chi connectivity index (χ4n) is 3.43. The van der Waals surface area contributed by atoms with Crippen LogP contribution in [0.1, 0.15) is 30.4 Å². The summed E-state index contributed by atoms with van der Waals surface area (Å²) in [4.78, 5) is 9.33. The molecule has 0 atom stereocenters. The molecule has 31 heavy (non-hydrogen) atoms. The number of halogens is 1. The van der Waals surface area contributed by atoms with Crippen LogP contribution in [0.25, 0.3) is 0 Å². The minimum atomic E-state index is 0.502. The molecule has 1 aromatic heterocycles. The van der Waals surface area contributed by atoms with Gasteiger partial charge in [-0.1, -0.05) is 41.9 Å². The van der Waals surface area contributed by atoms with Gasteiger partial charge in [-0.3, -0.25) is 4.99 Å². The van der Waals surface area contributed by atoms with Crippen molar-refractivity contribution in [3.8, 4) is 17.4 Å². The van der Waals surface area contributed by atoms with Crippen molar-refractivity contribution in [2.24, 2.45) is 4.99 Å². The van der Waals surface area contributed by atoms with Gasteiger partial charge in [-0.05, 0) is 61.6 Å². The van der Waals surface area contributed by atoms with Crippen LogP contribution in [-0.2, 0) is 6.42 Å². The fraction of sp³-hybridized carbons (Fsp3) is 0.280. The zero-order valence-electron chi connectivity index (χ0n) is 17.4. The van der Waals surface area contributed by atoms with Gasteiger partial charge in [0.25, 0.3) is 0 Å². The number of amidine groups is 1. The number of hydrogen-bond donors (Lipinski definition) is 1. The average Bonchev–Trinajstić information content (AvgIpc) is 2.81. The predicted octanol–water partition coefficient (Wildman–Crippen LogP) is 5.67. The van der Waals surface area contributed by atoms with E-state index in [4.69, 9.17) is 26.1 Å². The van der Waals surface area contributed by atoms with Gasteiger partial charge in [0.2, 0.25) is 5.88 Å². The zero-order chi connectivity index (χ0) is 21.3. The molecule has 0 unspecified atom stereocenters. The maximum absolute atomic E-state index is 6.31. The largest absolute Gasteiger partial charge is 0.490 e. The van der Waals surface area contributed by atoms with Crippen LogP contribution in [-0.4, -0.2) is 30.5 Å². The molecule has 0 saturated carbocycles. The van der Waals surface area contributed by atoms with Crippen LogP contribution in [0.5, 0.6) is 17.4 Å². The number of para-hydroxylation sites is 2. The number of hydrogen-bond acceptors (Lipinski definition) is 5. The number of aliphatic imine (C=N–C) groups is 1. The molecule has 160 valence electrons. The minimum absolute atomic E-state index is 0.502. The summed E-state index contributed by atoms with van der Waals surface area (Å²) in [6, 6.07) is 19.5. The van der Waals surface area contributed by atoms with Gasteiger partial charge in [0.15, 0.2) is 11.5 Å². The first-order valence-electron chi connectivity index (χ1n) is 10.7. The van der Waals surface area contributed by atoms with E-state index in [1.807, 2.05) is 60.7 Å². The van der Waals surface area contributed by atoms with Crippen molar-refractivity contribution in [2.75, 3.05) is 19.7 Å². The summed E-state index contributed by atoms with van der Waals surface area (Å²) in [6.45, 7) is 2.09. The Morgan fingerprint density at radius 1 is 0.903 bits per heavy atom. The molecule has 1 aliphatic rings. The molecule has 2 heterocycles. The minimum Gasteiger partial charge on any atom is -0.490 e. The molecule has 0 spiro atoms. The highest BCUT2D eigenvalue weighted by molar-refractivity contribution is 6.31. The van der Waals surface area contributed by atoms with E-state index >= 15 is 0 Å². The summed E-state index contributed by atoms with van der Waals surface area (Å²) in [5.41, 5.74) is 1.94. The summed E-state index contributed by atoms with van der Waals surface area (Å²) in [5, 5.41) is 4.27. The average molecular weight is 436 g/mol. The van der Waals surface area contributed by atoms with Crippen LogP contribution in [0.2, 0.25) is 5.02 Å². The Morgan fingerprint density at radius 3 is 2.65 bits per heavy atom. The molecule has 0 radical (unpaired) electrons. The number of aromatic nitrogens is 1. The Morgan fingerprint density at radius 2 is 1.74 bits per heavy atom. The van der Waals surface area contributed by atoms with Crippen molar-refractivity contribution in [1.82, 2.24) is 10.3 Å².